The van der Waals surface area contributed by atoms with E-state index in [-0.39, 0.29) is 5.82 Å². The van der Waals surface area contributed by atoms with Gasteiger partial charge in [-0.25, -0.2) is 4.39 Å². The highest BCUT2D eigenvalue weighted by Gasteiger charge is 2.13. The van der Waals surface area contributed by atoms with Crippen LogP contribution in [0.25, 0.3) is 5.57 Å². The topological polar surface area (TPSA) is 21.7 Å². The van der Waals surface area contributed by atoms with Gasteiger partial charge in [-0.2, -0.15) is 0 Å². The summed E-state index contributed by atoms with van der Waals surface area (Å²) in [4.78, 5) is 2.36. The molecular formula is C25H24FNO2. The number of ether oxygens (including phenoxy) is 2. The molecule has 0 aromatic heterocycles. The highest BCUT2D eigenvalue weighted by atomic mass is 19.1. The van der Waals surface area contributed by atoms with E-state index in [0.717, 1.165) is 37.6 Å². The summed E-state index contributed by atoms with van der Waals surface area (Å²) in [6.07, 6.45) is 3.30. The minimum absolute atomic E-state index is 0.245. The molecule has 4 heteroatoms. The van der Waals surface area contributed by atoms with E-state index in [2.05, 4.69) is 23.1 Å². The first-order chi connectivity index (χ1) is 14.3. The van der Waals surface area contributed by atoms with E-state index >= 15 is 0 Å². The van der Waals surface area contributed by atoms with Crippen molar-refractivity contribution in [1.82, 2.24) is 4.90 Å². The Labute approximate surface area is 171 Å². The molecular weight excluding hydrogens is 365 g/mol. The van der Waals surface area contributed by atoms with Gasteiger partial charge in [0.15, 0.2) is 0 Å². The number of para-hydroxylation sites is 1. The smallest absolute Gasteiger partial charge is 0.127 e. The predicted molar refractivity (Wildman–Crippen MR) is 114 cm³/mol. The molecule has 0 aliphatic carbocycles. The third kappa shape index (κ3) is 5.46. The summed E-state index contributed by atoms with van der Waals surface area (Å²) in [5.74, 6) is 2.15. The summed E-state index contributed by atoms with van der Waals surface area (Å²) < 4.78 is 24.5. The van der Waals surface area contributed by atoms with Gasteiger partial charge in [0.05, 0.1) is 0 Å². The number of nitrogens with zero attached hydrogens (tertiary/aromatic N) is 1. The van der Waals surface area contributed by atoms with Crippen LogP contribution in [-0.4, -0.2) is 31.1 Å². The summed E-state index contributed by atoms with van der Waals surface area (Å²) >= 11 is 0. The van der Waals surface area contributed by atoms with Crippen molar-refractivity contribution >= 4 is 5.57 Å². The van der Waals surface area contributed by atoms with E-state index < -0.39 is 0 Å². The largest absolute Gasteiger partial charge is 0.492 e. The van der Waals surface area contributed by atoms with Gasteiger partial charge < -0.3 is 9.47 Å². The van der Waals surface area contributed by atoms with Gasteiger partial charge in [0, 0.05) is 19.6 Å². The second-order valence-corrected chi connectivity index (χ2v) is 7.02. The van der Waals surface area contributed by atoms with E-state index in [1.165, 1.54) is 23.3 Å². The number of hydrogen-bond donors (Lipinski definition) is 0. The third-order valence-corrected chi connectivity index (χ3v) is 4.99. The molecule has 0 unspecified atom stereocenters. The van der Waals surface area contributed by atoms with Crippen LogP contribution in [0.15, 0.2) is 84.9 Å². The highest BCUT2D eigenvalue weighted by molar-refractivity contribution is 5.67. The first kappa shape index (κ1) is 19.2. The maximum atomic E-state index is 12.9. The standard InChI is InChI=1S/C25H24FNO2/c26-22-8-12-23(13-9-22)28-19-18-27-16-14-21(15-17-27)20-6-10-25(11-7-20)29-24-4-2-1-3-5-24/h1-14H,15-19H2. The van der Waals surface area contributed by atoms with E-state index in [1.54, 1.807) is 12.1 Å². The Morgan fingerprint density at radius 3 is 2.17 bits per heavy atom. The van der Waals surface area contributed by atoms with E-state index in [9.17, 15) is 4.39 Å². The second-order valence-electron chi connectivity index (χ2n) is 7.02. The molecule has 0 saturated carbocycles. The van der Waals surface area contributed by atoms with Crippen LogP contribution < -0.4 is 9.47 Å². The molecule has 3 aromatic rings. The number of rotatable bonds is 7. The predicted octanol–water partition coefficient (Wildman–Crippen LogP) is 5.79. The Balaban J connectivity index is 1.26. The summed E-state index contributed by atoms with van der Waals surface area (Å²) in [7, 11) is 0. The van der Waals surface area contributed by atoms with Gasteiger partial charge in [0.1, 0.15) is 29.7 Å². The van der Waals surface area contributed by atoms with Crippen LogP contribution in [0.5, 0.6) is 17.2 Å². The Kier molecular flexibility index (Phi) is 6.22. The molecule has 0 amide bonds. The van der Waals surface area contributed by atoms with Crippen LogP contribution in [0.2, 0.25) is 0 Å². The molecule has 1 aliphatic heterocycles. The van der Waals surface area contributed by atoms with Gasteiger partial charge >= 0.3 is 0 Å². The van der Waals surface area contributed by atoms with Gasteiger partial charge in [-0.1, -0.05) is 36.4 Å². The second kappa shape index (κ2) is 9.39. The number of hydrogen-bond acceptors (Lipinski definition) is 3. The molecule has 0 bridgehead atoms. The van der Waals surface area contributed by atoms with E-state index in [0.29, 0.717) is 12.4 Å². The van der Waals surface area contributed by atoms with Crippen LogP contribution in [0.3, 0.4) is 0 Å². The van der Waals surface area contributed by atoms with Crippen molar-refractivity contribution in [3.63, 3.8) is 0 Å². The van der Waals surface area contributed by atoms with Crippen molar-refractivity contribution in [2.75, 3.05) is 26.2 Å². The van der Waals surface area contributed by atoms with Crippen molar-refractivity contribution < 1.29 is 13.9 Å². The fraction of sp³-hybridized carbons (Fsp3) is 0.200. The average molecular weight is 389 g/mol. The Morgan fingerprint density at radius 2 is 1.48 bits per heavy atom. The van der Waals surface area contributed by atoms with E-state index in [1.807, 2.05) is 42.5 Å². The van der Waals surface area contributed by atoms with Crippen LogP contribution >= 0.6 is 0 Å². The van der Waals surface area contributed by atoms with Crippen molar-refractivity contribution in [3.8, 4) is 17.2 Å². The van der Waals surface area contributed by atoms with Crippen LogP contribution in [0, 0.1) is 5.82 Å². The van der Waals surface area contributed by atoms with Crippen LogP contribution in [0.4, 0.5) is 4.39 Å². The lowest BCUT2D eigenvalue weighted by atomic mass is 9.99. The fourth-order valence-corrected chi connectivity index (χ4v) is 3.36. The SMILES string of the molecule is Fc1ccc(OCCN2CC=C(c3ccc(Oc4ccccc4)cc3)CC2)cc1. The van der Waals surface area contributed by atoms with Gasteiger partial charge in [-0.05, 0) is 66.1 Å². The van der Waals surface area contributed by atoms with Crippen molar-refractivity contribution in [3.05, 3.63) is 96.3 Å². The molecule has 0 N–H and O–H groups in total. The third-order valence-electron chi connectivity index (χ3n) is 4.99. The zero-order valence-electron chi connectivity index (χ0n) is 16.3. The van der Waals surface area contributed by atoms with Crippen LogP contribution in [-0.2, 0) is 0 Å². The van der Waals surface area contributed by atoms with Gasteiger partial charge in [-0.3, -0.25) is 4.90 Å². The van der Waals surface area contributed by atoms with Gasteiger partial charge in [-0.15, -0.1) is 0 Å². The zero-order valence-corrected chi connectivity index (χ0v) is 16.3. The maximum Gasteiger partial charge on any atom is 0.127 e. The molecule has 0 saturated heterocycles. The lowest BCUT2D eigenvalue weighted by molar-refractivity contribution is 0.222. The average Bonchev–Trinajstić information content (AvgIpc) is 2.77. The van der Waals surface area contributed by atoms with Gasteiger partial charge in [0.2, 0.25) is 0 Å². The normalized spacial score (nSPS) is 14.3. The van der Waals surface area contributed by atoms with Crippen molar-refractivity contribution in [2.24, 2.45) is 0 Å². The van der Waals surface area contributed by atoms with Crippen molar-refractivity contribution in [2.45, 2.75) is 6.42 Å². The molecule has 148 valence electrons. The molecule has 0 radical (unpaired) electrons. The molecule has 0 fully saturated rings. The number of halogens is 1. The summed E-state index contributed by atoms with van der Waals surface area (Å²) in [5.41, 5.74) is 2.61. The summed E-state index contributed by atoms with van der Waals surface area (Å²) in [5, 5.41) is 0. The zero-order chi connectivity index (χ0) is 19.9. The number of benzene rings is 3. The highest BCUT2D eigenvalue weighted by Crippen LogP contribution is 2.26. The molecule has 3 nitrogen and oxygen atoms in total. The Bertz CT molecular complexity index is 937. The molecule has 0 atom stereocenters. The first-order valence-corrected chi connectivity index (χ1v) is 9.89. The minimum atomic E-state index is -0.245. The molecule has 1 heterocycles. The minimum Gasteiger partial charge on any atom is -0.492 e. The first-order valence-electron chi connectivity index (χ1n) is 9.89. The molecule has 3 aromatic carbocycles. The van der Waals surface area contributed by atoms with Crippen molar-refractivity contribution in [1.29, 1.82) is 0 Å². The van der Waals surface area contributed by atoms with E-state index in [4.69, 9.17) is 9.47 Å². The molecule has 1 aliphatic rings. The maximum absolute atomic E-state index is 12.9. The lowest BCUT2D eigenvalue weighted by Crippen LogP contribution is -2.32. The Hall–Kier alpha value is -3.11. The van der Waals surface area contributed by atoms with Gasteiger partial charge in [0.25, 0.3) is 0 Å². The summed E-state index contributed by atoms with van der Waals surface area (Å²) in [6.45, 7) is 3.36. The van der Waals surface area contributed by atoms with Crippen LogP contribution in [0.1, 0.15) is 12.0 Å². The summed E-state index contributed by atoms with van der Waals surface area (Å²) in [6, 6.07) is 24.3. The lowest BCUT2D eigenvalue weighted by Gasteiger charge is -2.26. The monoisotopic (exact) mass is 389 g/mol. The Morgan fingerprint density at radius 1 is 0.793 bits per heavy atom. The quantitative estimate of drug-likeness (QED) is 0.511. The molecule has 29 heavy (non-hydrogen) atoms. The molecule has 0 spiro atoms. The fourth-order valence-electron chi connectivity index (χ4n) is 3.36. The molecule has 4 rings (SSSR count).